The first-order valence-corrected chi connectivity index (χ1v) is 8.61. The van der Waals surface area contributed by atoms with E-state index in [4.69, 9.17) is 4.98 Å². The average molecular weight is 359 g/mol. The second-order valence-corrected chi connectivity index (χ2v) is 6.64. The van der Waals surface area contributed by atoms with E-state index in [1.807, 2.05) is 25.1 Å². The van der Waals surface area contributed by atoms with Gasteiger partial charge in [-0.3, -0.25) is 4.79 Å². The summed E-state index contributed by atoms with van der Waals surface area (Å²) in [7, 11) is 0. The number of aromatic nitrogens is 4. The Bertz CT molecular complexity index is 948. The fourth-order valence-corrected chi connectivity index (χ4v) is 3.50. The van der Waals surface area contributed by atoms with Gasteiger partial charge in [0.25, 0.3) is 5.91 Å². The highest BCUT2D eigenvalue weighted by molar-refractivity contribution is 5.92. The Hall–Kier alpha value is -2.77. The fourth-order valence-electron chi connectivity index (χ4n) is 3.50. The van der Waals surface area contributed by atoms with Crippen molar-refractivity contribution in [2.24, 2.45) is 0 Å². The number of para-hydroxylation sites is 1. The van der Waals surface area contributed by atoms with Crippen molar-refractivity contribution in [2.75, 3.05) is 13.1 Å². The zero-order chi connectivity index (χ0) is 18.3. The van der Waals surface area contributed by atoms with Gasteiger partial charge in [0.05, 0.1) is 11.0 Å². The van der Waals surface area contributed by atoms with Crippen LogP contribution in [0.25, 0.3) is 11.0 Å². The lowest BCUT2D eigenvalue weighted by Gasteiger charge is -2.31. The van der Waals surface area contributed by atoms with Crippen molar-refractivity contribution in [1.29, 1.82) is 0 Å². The molecule has 0 bridgehead atoms. The van der Waals surface area contributed by atoms with Gasteiger partial charge < -0.3 is 9.88 Å². The molecule has 6 nitrogen and oxygen atoms in total. The van der Waals surface area contributed by atoms with Crippen LogP contribution < -0.4 is 0 Å². The maximum atomic E-state index is 12.7. The van der Waals surface area contributed by atoms with E-state index >= 15 is 0 Å². The van der Waals surface area contributed by atoms with Gasteiger partial charge in [-0.15, -0.1) is 0 Å². The summed E-state index contributed by atoms with van der Waals surface area (Å²) in [6, 6.07) is 7.32. The Morgan fingerprint density at radius 2 is 2.19 bits per heavy atom. The van der Waals surface area contributed by atoms with Crippen LogP contribution in [0.3, 0.4) is 0 Å². The highest BCUT2D eigenvalue weighted by Crippen LogP contribution is 2.28. The van der Waals surface area contributed by atoms with E-state index in [1.54, 1.807) is 4.90 Å². The number of hydrogen-bond donors (Lipinski definition) is 1. The molecule has 1 aliphatic rings. The minimum atomic E-state index is -2.75. The molecule has 26 heavy (non-hydrogen) atoms. The van der Waals surface area contributed by atoms with Crippen LogP contribution in [-0.2, 0) is 0 Å². The maximum absolute atomic E-state index is 12.7. The van der Waals surface area contributed by atoms with E-state index in [2.05, 4.69) is 10.1 Å². The summed E-state index contributed by atoms with van der Waals surface area (Å²) in [5, 5.41) is 3.68. The molecule has 1 amide bonds. The third kappa shape index (κ3) is 2.95. The molecule has 0 spiro atoms. The number of H-pyrrole nitrogens is 1. The van der Waals surface area contributed by atoms with Gasteiger partial charge in [-0.2, -0.15) is 13.9 Å². The molecular formula is C18H19F2N5O. The first-order valence-electron chi connectivity index (χ1n) is 8.61. The van der Waals surface area contributed by atoms with E-state index in [9.17, 15) is 13.6 Å². The Labute approximate surface area is 148 Å². The van der Waals surface area contributed by atoms with Crippen LogP contribution >= 0.6 is 0 Å². The molecule has 1 aromatic carbocycles. The number of rotatable bonds is 3. The summed E-state index contributed by atoms with van der Waals surface area (Å²) in [4.78, 5) is 22.4. The molecule has 0 unspecified atom stereocenters. The Balaban J connectivity index is 1.54. The third-order valence-corrected chi connectivity index (χ3v) is 4.86. The van der Waals surface area contributed by atoms with Crippen LogP contribution in [0.2, 0.25) is 0 Å². The monoisotopic (exact) mass is 359 g/mol. The zero-order valence-electron chi connectivity index (χ0n) is 14.3. The van der Waals surface area contributed by atoms with Gasteiger partial charge in [0.2, 0.25) is 0 Å². The van der Waals surface area contributed by atoms with Crippen LogP contribution in [0, 0.1) is 6.92 Å². The number of piperidine rings is 1. The van der Waals surface area contributed by atoms with E-state index in [-0.39, 0.29) is 17.5 Å². The molecule has 1 aliphatic heterocycles. The Kier molecular flexibility index (Phi) is 4.18. The van der Waals surface area contributed by atoms with Gasteiger partial charge >= 0.3 is 6.55 Å². The molecular weight excluding hydrogens is 340 g/mol. The number of hydrogen-bond acceptors (Lipinski definition) is 3. The highest BCUT2D eigenvalue weighted by Gasteiger charge is 2.28. The number of imidazole rings is 1. The van der Waals surface area contributed by atoms with Crippen LogP contribution in [0.15, 0.2) is 30.5 Å². The number of nitrogens with zero attached hydrogens (tertiary/aromatic N) is 4. The molecule has 3 heterocycles. The number of carbonyl (C=O) groups excluding carboxylic acids is 1. The normalized spacial score (nSPS) is 18.0. The van der Waals surface area contributed by atoms with Crippen LogP contribution in [0.1, 0.15) is 47.2 Å². The highest BCUT2D eigenvalue weighted by atomic mass is 19.3. The molecule has 1 atom stereocenters. The quantitative estimate of drug-likeness (QED) is 0.778. The Morgan fingerprint density at radius 3 is 2.92 bits per heavy atom. The largest absolute Gasteiger partial charge is 0.342 e. The van der Waals surface area contributed by atoms with Gasteiger partial charge in [0.15, 0.2) is 5.69 Å². The van der Waals surface area contributed by atoms with Gasteiger partial charge in [-0.1, -0.05) is 12.1 Å². The lowest BCUT2D eigenvalue weighted by atomic mass is 9.97. The summed E-state index contributed by atoms with van der Waals surface area (Å²) in [5.41, 5.74) is 3.08. The molecule has 2 aromatic heterocycles. The van der Waals surface area contributed by atoms with Gasteiger partial charge in [0.1, 0.15) is 5.82 Å². The van der Waals surface area contributed by atoms with E-state index < -0.39 is 6.55 Å². The number of benzene rings is 1. The summed E-state index contributed by atoms with van der Waals surface area (Å²) < 4.78 is 25.8. The van der Waals surface area contributed by atoms with Crippen molar-refractivity contribution in [3.05, 3.63) is 47.5 Å². The zero-order valence-corrected chi connectivity index (χ0v) is 14.3. The summed E-state index contributed by atoms with van der Waals surface area (Å²) in [6.07, 6.45) is 2.89. The number of aryl methyl sites for hydroxylation is 1. The molecule has 136 valence electrons. The van der Waals surface area contributed by atoms with Crippen molar-refractivity contribution in [3.8, 4) is 0 Å². The van der Waals surface area contributed by atoms with E-state index in [1.165, 1.54) is 6.07 Å². The number of fused-ring (bicyclic) bond motifs is 1. The van der Waals surface area contributed by atoms with Crippen LogP contribution in [0.4, 0.5) is 8.78 Å². The minimum Gasteiger partial charge on any atom is -0.342 e. The Morgan fingerprint density at radius 1 is 1.35 bits per heavy atom. The number of carbonyl (C=O) groups is 1. The molecule has 1 saturated heterocycles. The number of nitrogens with one attached hydrogen (secondary N) is 1. The first-order chi connectivity index (χ1) is 12.5. The van der Waals surface area contributed by atoms with Gasteiger partial charge in [-0.25, -0.2) is 9.67 Å². The minimum absolute atomic E-state index is 0.0476. The van der Waals surface area contributed by atoms with E-state index in [0.29, 0.717) is 17.8 Å². The number of halogens is 2. The lowest BCUT2D eigenvalue weighted by Crippen LogP contribution is -2.39. The summed E-state index contributed by atoms with van der Waals surface area (Å²) in [5.74, 6) is 0.642. The van der Waals surface area contributed by atoms with Crippen molar-refractivity contribution in [2.45, 2.75) is 32.2 Å². The molecule has 1 N–H and O–H groups in total. The molecule has 8 heteroatoms. The summed E-state index contributed by atoms with van der Waals surface area (Å²) >= 11 is 0. The van der Waals surface area contributed by atoms with Gasteiger partial charge in [-0.05, 0) is 37.5 Å². The number of alkyl halides is 2. The van der Waals surface area contributed by atoms with E-state index in [0.717, 1.165) is 41.5 Å². The van der Waals surface area contributed by atoms with Crippen molar-refractivity contribution >= 4 is 16.9 Å². The molecule has 0 saturated carbocycles. The number of amides is 1. The second-order valence-electron chi connectivity index (χ2n) is 6.64. The SMILES string of the molecule is Cc1cccc2[nH]c([C@@H]3CCCN(C(=O)c4ccn(C(F)F)n4)C3)nc12. The molecule has 0 radical (unpaired) electrons. The standard InChI is InChI=1S/C18H19F2N5O/c1-11-4-2-6-13-15(11)22-16(21-13)12-5-3-8-24(10-12)17(26)14-7-9-25(23-14)18(19)20/h2,4,6-7,9,12,18H,3,5,8,10H2,1H3,(H,21,22)/t12-/m1/s1. The predicted octanol–water partition coefficient (Wildman–Crippen LogP) is 3.48. The second kappa shape index (κ2) is 6.51. The molecule has 0 aliphatic carbocycles. The topological polar surface area (TPSA) is 66.8 Å². The maximum Gasteiger partial charge on any atom is 0.333 e. The van der Waals surface area contributed by atoms with Gasteiger partial charge in [0, 0.05) is 25.2 Å². The molecule has 4 rings (SSSR count). The molecule has 1 fully saturated rings. The summed E-state index contributed by atoms with van der Waals surface area (Å²) in [6.45, 7) is 0.364. The smallest absolute Gasteiger partial charge is 0.333 e. The predicted molar refractivity (Wildman–Crippen MR) is 92.2 cm³/mol. The van der Waals surface area contributed by atoms with Crippen molar-refractivity contribution in [1.82, 2.24) is 24.6 Å². The molecule has 3 aromatic rings. The van der Waals surface area contributed by atoms with Crippen molar-refractivity contribution < 1.29 is 13.6 Å². The lowest BCUT2D eigenvalue weighted by molar-refractivity contribution is 0.0546. The van der Waals surface area contributed by atoms with Crippen LogP contribution in [0.5, 0.6) is 0 Å². The van der Waals surface area contributed by atoms with Crippen molar-refractivity contribution in [3.63, 3.8) is 0 Å². The number of aromatic amines is 1. The first kappa shape index (κ1) is 16.7. The third-order valence-electron chi connectivity index (χ3n) is 4.86. The number of likely N-dealkylation sites (tertiary alicyclic amines) is 1. The average Bonchev–Trinajstić information content (AvgIpc) is 3.29. The fraction of sp³-hybridized carbons (Fsp3) is 0.389. The van der Waals surface area contributed by atoms with Crippen LogP contribution in [-0.4, -0.2) is 43.6 Å².